The monoisotopic (exact) mass is 462 g/mol. The average molecular weight is 463 g/mol. The van der Waals surface area contributed by atoms with Crippen LogP contribution < -0.4 is 10.1 Å². The Hall–Kier alpha value is -3.06. The van der Waals surface area contributed by atoms with Crippen molar-refractivity contribution in [3.05, 3.63) is 86.9 Å². The molecule has 1 N–H and O–H groups in total. The number of rotatable bonds is 6. The van der Waals surface area contributed by atoms with Crippen LogP contribution in [-0.4, -0.2) is 17.4 Å². The molecule has 1 amide bonds. The van der Waals surface area contributed by atoms with Crippen molar-refractivity contribution in [1.82, 2.24) is 10.3 Å². The van der Waals surface area contributed by atoms with Crippen LogP contribution in [0.4, 0.5) is 13.2 Å². The average Bonchev–Trinajstić information content (AvgIpc) is 2.72. The number of nitrogens with one attached hydrogen (secondary N) is 1. The summed E-state index contributed by atoms with van der Waals surface area (Å²) in [5.74, 6) is -4.96. The Balaban J connectivity index is 1.89. The van der Waals surface area contributed by atoms with E-state index < -0.39 is 24.2 Å². The first-order valence-electron chi connectivity index (χ1n) is 9.83. The lowest BCUT2D eigenvalue weighted by molar-refractivity contribution is -0.00310. The summed E-state index contributed by atoms with van der Waals surface area (Å²) in [7, 11) is 0. The molecule has 0 saturated carbocycles. The highest BCUT2D eigenvalue weighted by Gasteiger charge is 2.34. The van der Waals surface area contributed by atoms with Gasteiger partial charge in [-0.1, -0.05) is 47.5 Å². The number of hydrogen-bond donors (Lipinski definition) is 1. The SMILES string of the molecule is Cc1ccc(C(F)(F)CNC(=O)c2c(Oc3cccc(C)c3F)cnc(Cl)c2C)c(C)c1. The summed E-state index contributed by atoms with van der Waals surface area (Å²) in [6.45, 7) is 5.54. The van der Waals surface area contributed by atoms with Gasteiger partial charge in [-0.2, -0.15) is 8.78 Å². The summed E-state index contributed by atoms with van der Waals surface area (Å²) in [4.78, 5) is 16.8. The molecule has 0 aliphatic heterocycles. The van der Waals surface area contributed by atoms with E-state index in [-0.39, 0.29) is 33.3 Å². The lowest BCUT2D eigenvalue weighted by Gasteiger charge is -2.21. The predicted octanol–water partition coefficient (Wildman–Crippen LogP) is 6.42. The van der Waals surface area contributed by atoms with Crippen molar-refractivity contribution < 1.29 is 22.7 Å². The molecular formula is C24H22ClF3N2O2. The van der Waals surface area contributed by atoms with Gasteiger partial charge in [0.05, 0.1) is 18.3 Å². The summed E-state index contributed by atoms with van der Waals surface area (Å²) in [6, 6.07) is 9.14. The number of ether oxygens (including phenoxy) is 1. The Morgan fingerprint density at radius 1 is 1.09 bits per heavy atom. The van der Waals surface area contributed by atoms with Gasteiger partial charge in [-0.3, -0.25) is 4.79 Å². The lowest BCUT2D eigenvalue weighted by atomic mass is 10.00. The van der Waals surface area contributed by atoms with E-state index in [0.717, 1.165) is 11.8 Å². The molecular weight excluding hydrogens is 441 g/mol. The number of carbonyl (C=O) groups excluding carboxylic acids is 1. The predicted molar refractivity (Wildman–Crippen MR) is 117 cm³/mol. The minimum Gasteiger partial charge on any atom is -0.452 e. The van der Waals surface area contributed by atoms with Crippen molar-refractivity contribution in [3.8, 4) is 11.5 Å². The maximum Gasteiger partial charge on any atom is 0.290 e. The van der Waals surface area contributed by atoms with Gasteiger partial charge in [0.1, 0.15) is 5.15 Å². The molecule has 0 saturated heterocycles. The molecule has 0 aliphatic rings. The van der Waals surface area contributed by atoms with Crippen molar-refractivity contribution >= 4 is 17.5 Å². The number of benzene rings is 2. The van der Waals surface area contributed by atoms with E-state index in [2.05, 4.69) is 10.3 Å². The van der Waals surface area contributed by atoms with Crippen molar-refractivity contribution in [2.45, 2.75) is 33.6 Å². The first-order valence-corrected chi connectivity index (χ1v) is 10.2. The van der Waals surface area contributed by atoms with Gasteiger partial charge in [-0.15, -0.1) is 0 Å². The number of aryl methyl sites for hydroxylation is 3. The first kappa shape index (κ1) is 23.6. The van der Waals surface area contributed by atoms with Gasteiger partial charge in [0.15, 0.2) is 17.3 Å². The minimum atomic E-state index is -3.30. The third-order valence-corrected chi connectivity index (χ3v) is 5.46. The molecule has 168 valence electrons. The van der Waals surface area contributed by atoms with E-state index in [1.165, 1.54) is 19.1 Å². The number of halogens is 4. The highest BCUT2D eigenvalue weighted by Crippen LogP contribution is 2.33. The molecule has 3 rings (SSSR count). The van der Waals surface area contributed by atoms with Gasteiger partial charge in [-0.05, 0) is 44.9 Å². The summed E-state index contributed by atoms with van der Waals surface area (Å²) < 4.78 is 49.6. The quantitative estimate of drug-likeness (QED) is 0.430. The second kappa shape index (κ2) is 9.20. The third kappa shape index (κ3) is 4.88. The highest BCUT2D eigenvalue weighted by atomic mass is 35.5. The van der Waals surface area contributed by atoms with Gasteiger partial charge < -0.3 is 10.1 Å². The molecule has 8 heteroatoms. The maximum absolute atomic E-state index is 14.8. The van der Waals surface area contributed by atoms with Crippen LogP contribution in [0.25, 0.3) is 0 Å². The molecule has 32 heavy (non-hydrogen) atoms. The zero-order valence-corrected chi connectivity index (χ0v) is 18.8. The number of amides is 1. The van der Waals surface area contributed by atoms with E-state index in [9.17, 15) is 18.0 Å². The topological polar surface area (TPSA) is 51.2 Å². The first-order chi connectivity index (χ1) is 15.0. The van der Waals surface area contributed by atoms with Crippen molar-refractivity contribution in [2.75, 3.05) is 6.54 Å². The third-order valence-electron chi connectivity index (χ3n) is 5.08. The molecule has 4 nitrogen and oxygen atoms in total. The highest BCUT2D eigenvalue weighted by molar-refractivity contribution is 6.30. The number of alkyl halides is 2. The largest absolute Gasteiger partial charge is 0.452 e. The molecule has 0 aliphatic carbocycles. The van der Waals surface area contributed by atoms with Gasteiger partial charge >= 0.3 is 0 Å². The van der Waals surface area contributed by atoms with Crippen LogP contribution in [0.5, 0.6) is 11.5 Å². The second-order valence-corrected chi connectivity index (χ2v) is 7.97. The molecule has 1 aromatic heterocycles. The Morgan fingerprint density at radius 3 is 2.50 bits per heavy atom. The molecule has 0 fully saturated rings. The van der Waals surface area contributed by atoms with Crippen molar-refractivity contribution in [3.63, 3.8) is 0 Å². The summed E-state index contributed by atoms with van der Waals surface area (Å²) in [5.41, 5.74) is 1.59. The molecule has 0 atom stereocenters. The Morgan fingerprint density at radius 2 is 1.81 bits per heavy atom. The van der Waals surface area contributed by atoms with Crippen LogP contribution in [0, 0.1) is 33.5 Å². The minimum absolute atomic E-state index is 0.00773. The molecule has 1 heterocycles. The number of hydrogen-bond acceptors (Lipinski definition) is 3. The maximum atomic E-state index is 14.8. The lowest BCUT2D eigenvalue weighted by Crippen LogP contribution is -2.36. The summed E-state index contributed by atoms with van der Waals surface area (Å²) in [6.07, 6.45) is 1.16. The van der Waals surface area contributed by atoms with Gasteiger partial charge in [0, 0.05) is 11.1 Å². The fourth-order valence-corrected chi connectivity index (χ4v) is 3.48. The molecule has 0 unspecified atom stereocenters. The van der Waals surface area contributed by atoms with Crippen LogP contribution >= 0.6 is 11.6 Å². The summed E-state index contributed by atoms with van der Waals surface area (Å²) >= 11 is 6.04. The van der Waals surface area contributed by atoms with Crippen molar-refractivity contribution in [1.29, 1.82) is 0 Å². The van der Waals surface area contributed by atoms with Crippen LogP contribution in [0.15, 0.2) is 42.6 Å². The van der Waals surface area contributed by atoms with E-state index in [1.807, 2.05) is 6.92 Å². The number of pyridine rings is 1. The van der Waals surface area contributed by atoms with Gasteiger partial charge in [0.2, 0.25) is 0 Å². The van der Waals surface area contributed by atoms with E-state index in [0.29, 0.717) is 11.1 Å². The number of nitrogens with zero attached hydrogens (tertiary/aromatic N) is 1. The van der Waals surface area contributed by atoms with Crippen LogP contribution in [-0.2, 0) is 5.92 Å². The fourth-order valence-electron chi connectivity index (χ4n) is 3.34. The zero-order chi connectivity index (χ0) is 23.6. The van der Waals surface area contributed by atoms with Gasteiger partial charge in [0.25, 0.3) is 11.8 Å². The van der Waals surface area contributed by atoms with Crippen LogP contribution in [0.3, 0.4) is 0 Å². The molecule has 3 aromatic rings. The Kier molecular flexibility index (Phi) is 6.79. The van der Waals surface area contributed by atoms with Crippen LogP contribution in [0.2, 0.25) is 5.15 Å². The van der Waals surface area contributed by atoms with Crippen molar-refractivity contribution in [2.24, 2.45) is 0 Å². The summed E-state index contributed by atoms with van der Waals surface area (Å²) in [5, 5.41) is 2.26. The van der Waals surface area contributed by atoms with E-state index in [4.69, 9.17) is 16.3 Å². The molecule has 0 bridgehead atoms. The normalized spacial score (nSPS) is 11.4. The van der Waals surface area contributed by atoms with Crippen LogP contribution in [0.1, 0.15) is 38.2 Å². The second-order valence-electron chi connectivity index (χ2n) is 7.61. The Bertz CT molecular complexity index is 1180. The molecule has 2 aromatic carbocycles. The zero-order valence-electron chi connectivity index (χ0n) is 18.0. The molecule has 0 radical (unpaired) electrons. The number of aromatic nitrogens is 1. The number of carbonyl (C=O) groups is 1. The molecule has 0 spiro atoms. The van der Waals surface area contributed by atoms with Gasteiger partial charge in [-0.25, -0.2) is 9.37 Å². The van der Waals surface area contributed by atoms with E-state index in [1.54, 1.807) is 38.1 Å². The Labute approximate surface area is 189 Å². The fraction of sp³-hybridized carbons (Fsp3) is 0.250. The standard InChI is InChI=1S/C24H22ClF3N2O2/c1-13-8-9-17(15(3)10-13)24(27,28)12-30-23(31)20-16(4)22(25)29-11-19(20)32-18-7-5-6-14(2)21(18)26/h5-11H,12H2,1-4H3,(H,30,31). The van der Waals surface area contributed by atoms with E-state index >= 15 is 0 Å². The smallest absolute Gasteiger partial charge is 0.290 e.